The topological polar surface area (TPSA) is 76.1 Å². The van der Waals surface area contributed by atoms with Crippen LogP contribution in [-0.2, 0) is 22.5 Å². The molecule has 0 fully saturated rings. The van der Waals surface area contributed by atoms with E-state index >= 15 is 0 Å². The zero-order chi connectivity index (χ0) is 12.1. The van der Waals surface area contributed by atoms with Crippen molar-refractivity contribution in [2.75, 3.05) is 7.11 Å². The monoisotopic (exact) mass is 236 g/mol. The van der Waals surface area contributed by atoms with Crippen molar-refractivity contribution < 1.29 is 9.53 Å². The third kappa shape index (κ3) is 2.75. The summed E-state index contributed by atoms with van der Waals surface area (Å²) < 4.78 is 4.55. The van der Waals surface area contributed by atoms with Crippen LogP contribution in [0.1, 0.15) is 16.7 Å². The van der Waals surface area contributed by atoms with Crippen molar-refractivity contribution in [1.82, 2.24) is 0 Å². The number of benzene rings is 1. The van der Waals surface area contributed by atoms with E-state index in [9.17, 15) is 4.79 Å². The lowest BCUT2D eigenvalue weighted by molar-refractivity contribution is -0.139. The number of methoxy groups -OCH3 is 1. The molecular formula is C11H12N2O2S. The van der Waals surface area contributed by atoms with Gasteiger partial charge in [-0.05, 0) is 23.3 Å². The lowest BCUT2D eigenvalue weighted by atomic mass is 10.0. The molecule has 4 nitrogen and oxygen atoms in total. The quantitative estimate of drug-likeness (QED) is 0.607. The normalized spacial score (nSPS) is 9.62. The Hall–Kier alpha value is -1.51. The first kappa shape index (κ1) is 12.6. The van der Waals surface area contributed by atoms with Gasteiger partial charge in [0.1, 0.15) is 0 Å². The average Bonchev–Trinajstić information content (AvgIpc) is 2.29. The van der Waals surface area contributed by atoms with Gasteiger partial charge in [0.05, 0.1) is 25.2 Å². The highest BCUT2D eigenvalue weighted by Gasteiger charge is 2.11. The lowest BCUT2D eigenvalue weighted by Crippen LogP contribution is -2.07. The van der Waals surface area contributed by atoms with Crippen LogP contribution in [0.15, 0.2) is 17.0 Å². The second-order valence-corrected chi connectivity index (χ2v) is 3.69. The average molecular weight is 236 g/mol. The number of rotatable bonds is 3. The zero-order valence-electron chi connectivity index (χ0n) is 8.86. The van der Waals surface area contributed by atoms with Crippen molar-refractivity contribution in [3.8, 4) is 6.07 Å². The SMILES string of the molecule is COC(=O)Cc1cc(S)c(CN)cc1C#N. The maximum Gasteiger partial charge on any atom is 0.310 e. The van der Waals surface area contributed by atoms with Crippen LogP contribution in [-0.4, -0.2) is 13.1 Å². The smallest absolute Gasteiger partial charge is 0.310 e. The predicted octanol–water partition coefficient (Wildman–Crippen LogP) is 1.02. The van der Waals surface area contributed by atoms with Gasteiger partial charge in [-0.3, -0.25) is 4.79 Å². The summed E-state index contributed by atoms with van der Waals surface area (Å²) in [4.78, 5) is 11.8. The fraction of sp³-hybridized carbons (Fsp3) is 0.273. The summed E-state index contributed by atoms with van der Waals surface area (Å²) in [6.07, 6.45) is 0.0673. The van der Waals surface area contributed by atoms with E-state index in [1.165, 1.54) is 7.11 Å². The van der Waals surface area contributed by atoms with Gasteiger partial charge in [0, 0.05) is 11.4 Å². The van der Waals surface area contributed by atoms with E-state index in [2.05, 4.69) is 17.4 Å². The third-order valence-electron chi connectivity index (χ3n) is 2.21. The second-order valence-electron chi connectivity index (χ2n) is 3.21. The number of carbonyl (C=O) groups is 1. The van der Waals surface area contributed by atoms with Crippen LogP contribution in [0.25, 0.3) is 0 Å². The molecule has 0 aliphatic carbocycles. The minimum Gasteiger partial charge on any atom is -0.469 e. The molecule has 0 atom stereocenters. The number of ether oxygens (including phenoxy) is 1. The lowest BCUT2D eigenvalue weighted by Gasteiger charge is -2.08. The van der Waals surface area contributed by atoms with Crippen LogP contribution >= 0.6 is 12.6 Å². The molecule has 0 bridgehead atoms. The molecule has 0 aliphatic heterocycles. The van der Waals surface area contributed by atoms with E-state index in [0.29, 0.717) is 22.6 Å². The fourth-order valence-corrected chi connectivity index (χ4v) is 1.63. The molecule has 0 aromatic heterocycles. The Bertz CT molecular complexity index is 452. The molecule has 0 saturated heterocycles. The number of carbonyl (C=O) groups excluding carboxylic acids is 1. The van der Waals surface area contributed by atoms with Gasteiger partial charge in [-0.15, -0.1) is 12.6 Å². The Morgan fingerprint density at radius 1 is 1.56 bits per heavy atom. The second kappa shape index (κ2) is 5.54. The van der Waals surface area contributed by atoms with E-state index in [1.807, 2.05) is 6.07 Å². The van der Waals surface area contributed by atoms with Crippen LogP contribution in [0.5, 0.6) is 0 Å². The molecule has 5 heteroatoms. The number of hydrogen-bond acceptors (Lipinski definition) is 5. The van der Waals surface area contributed by atoms with E-state index < -0.39 is 0 Å². The van der Waals surface area contributed by atoms with E-state index in [-0.39, 0.29) is 12.4 Å². The molecule has 0 unspecified atom stereocenters. The molecule has 1 rings (SSSR count). The van der Waals surface area contributed by atoms with Crippen LogP contribution in [0.2, 0.25) is 0 Å². The number of thiol groups is 1. The van der Waals surface area contributed by atoms with Gasteiger partial charge >= 0.3 is 5.97 Å². The van der Waals surface area contributed by atoms with Crippen molar-refractivity contribution in [3.05, 3.63) is 28.8 Å². The van der Waals surface area contributed by atoms with Gasteiger partial charge in [0.2, 0.25) is 0 Å². The van der Waals surface area contributed by atoms with E-state index in [4.69, 9.17) is 11.0 Å². The predicted molar refractivity (Wildman–Crippen MR) is 62.0 cm³/mol. The van der Waals surface area contributed by atoms with Gasteiger partial charge in [-0.1, -0.05) is 0 Å². The molecule has 0 heterocycles. The summed E-state index contributed by atoms with van der Waals surface area (Å²) in [5, 5.41) is 8.95. The van der Waals surface area contributed by atoms with Crippen molar-refractivity contribution in [2.24, 2.45) is 5.73 Å². The Balaban J connectivity index is 3.14. The van der Waals surface area contributed by atoms with Crippen LogP contribution in [0.3, 0.4) is 0 Å². The Morgan fingerprint density at radius 2 is 2.25 bits per heavy atom. The Labute approximate surface area is 99.4 Å². The van der Waals surface area contributed by atoms with Gasteiger partial charge in [0.25, 0.3) is 0 Å². The van der Waals surface area contributed by atoms with Gasteiger partial charge in [-0.25, -0.2) is 0 Å². The Kier molecular flexibility index (Phi) is 4.35. The van der Waals surface area contributed by atoms with Crippen LogP contribution in [0.4, 0.5) is 0 Å². The molecular weight excluding hydrogens is 224 g/mol. The maximum atomic E-state index is 11.1. The zero-order valence-corrected chi connectivity index (χ0v) is 9.75. The number of nitrogens with zero attached hydrogens (tertiary/aromatic N) is 1. The van der Waals surface area contributed by atoms with Crippen molar-refractivity contribution >= 4 is 18.6 Å². The molecule has 0 saturated carbocycles. The van der Waals surface area contributed by atoms with E-state index in [1.54, 1.807) is 12.1 Å². The molecule has 16 heavy (non-hydrogen) atoms. The first-order valence-electron chi connectivity index (χ1n) is 4.64. The van der Waals surface area contributed by atoms with Gasteiger partial charge in [-0.2, -0.15) is 5.26 Å². The minimum absolute atomic E-state index is 0.0673. The maximum absolute atomic E-state index is 11.1. The molecule has 0 amide bonds. The summed E-state index contributed by atoms with van der Waals surface area (Å²) in [5.74, 6) is -0.385. The molecule has 0 radical (unpaired) electrons. The molecule has 1 aromatic rings. The third-order valence-corrected chi connectivity index (χ3v) is 2.62. The van der Waals surface area contributed by atoms with Gasteiger partial charge in [0.15, 0.2) is 0 Å². The minimum atomic E-state index is -0.385. The molecule has 1 aromatic carbocycles. The molecule has 0 aliphatic rings. The first-order chi connectivity index (χ1) is 7.62. The largest absolute Gasteiger partial charge is 0.469 e. The summed E-state index contributed by atoms with van der Waals surface area (Å²) in [7, 11) is 1.31. The number of hydrogen-bond donors (Lipinski definition) is 2. The van der Waals surface area contributed by atoms with Crippen molar-refractivity contribution in [3.63, 3.8) is 0 Å². The highest BCUT2D eigenvalue weighted by atomic mass is 32.1. The number of nitrogens with two attached hydrogens (primary N) is 1. The number of nitriles is 1. The highest BCUT2D eigenvalue weighted by molar-refractivity contribution is 7.80. The van der Waals surface area contributed by atoms with Crippen molar-refractivity contribution in [1.29, 1.82) is 5.26 Å². The summed E-state index contributed by atoms with van der Waals surface area (Å²) in [6.45, 7) is 0.312. The number of esters is 1. The van der Waals surface area contributed by atoms with E-state index in [0.717, 1.165) is 5.56 Å². The van der Waals surface area contributed by atoms with Crippen LogP contribution < -0.4 is 5.73 Å². The molecule has 0 spiro atoms. The molecule has 84 valence electrons. The summed E-state index contributed by atoms with van der Waals surface area (Å²) >= 11 is 4.24. The van der Waals surface area contributed by atoms with Gasteiger partial charge < -0.3 is 10.5 Å². The van der Waals surface area contributed by atoms with Crippen molar-refractivity contribution in [2.45, 2.75) is 17.9 Å². The standard InChI is InChI=1S/C11H12N2O2S/c1-15-11(14)4-7-3-10(16)9(6-13)2-8(7)5-12/h2-3,16H,4,6,13H2,1H3. The Morgan fingerprint density at radius 3 is 2.75 bits per heavy atom. The summed E-state index contributed by atoms with van der Waals surface area (Å²) in [6, 6.07) is 5.36. The molecule has 2 N–H and O–H groups in total. The highest BCUT2D eigenvalue weighted by Crippen LogP contribution is 2.20. The van der Waals surface area contributed by atoms with Crippen LogP contribution in [0, 0.1) is 11.3 Å². The summed E-state index contributed by atoms with van der Waals surface area (Å²) in [5.41, 5.74) is 7.33. The fourth-order valence-electron chi connectivity index (χ4n) is 1.32. The first-order valence-corrected chi connectivity index (χ1v) is 5.08.